The van der Waals surface area contributed by atoms with Crippen molar-refractivity contribution in [1.82, 2.24) is 15.5 Å². The molecule has 0 radical (unpaired) electrons. The third-order valence-corrected chi connectivity index (χ3v) is 4.34. The number of rotatable bonds is 5. The Labute approximate surface area is 114 Å². The van der Waals surface area contributed by atoms with E-state index < -0.39 is 0 Å². The Kier molecular flexibility index (Phi) is 3.35. The van der Waals surface area contributed by atoms with Crippen molar-refractivity contribution in [1.29, 1.82) is 0 Å². The van der Waals surface area contributed by atoms with Gasteiger partial charge in [-0.05, 0) is 24.8 Å². The van der Waals surface area contributed by atoms with E-state index in [2.05, 4.69) is 36.2 Å². The molecule has 3 rings (SSSR count). The fourth-order valence-corrected chi connectivity index (χ4v) is 2.78. The van der Waals surface area contributed by atoms with E-state index in [0.29, 0.717) is 24.0 Å². The lowest BCUT2D eigenvalue weighted by Gasteiger charge is -2.14. The molecular formula is C14H23N3O2. The first kappa shape index (κ1) is 13.1. The highest BCUT2D eigenvalue weighted by Gasteiger charge is 2.50. The SMILES string of the molecule is CCCNC1COCC1c1nc(C2CC2(C)C)no1. The number of nitrogens with zero attached hydrogens (tertiary/aromatic N) is 2. The summed E-state index contributed by atoms with van der Waals surface area (Å²) in [6.45, 7) is 9.07. The minimum atomic E-state index is 0.203. The zero-order valence-electron chi connectivity index (χ0n) is 12.0. The lowest BCUT2D eigenvalue weighted by atomic mass is 10.0. The Bertz CT molecular complexity index is 444. The van der Waals surface area contributed by atoms with Gasteiger partial charge in [0.2, 0.25) is 5.89 Å². The zero-order chi connectivity index (χ0) is 13.5. The topological polar surface area (TPSA) is 60.2 Å². The number of aromatic nitrogens is 2. The van der Waals surface area contributed by atoms with E-state index in [1.807, 2.05) is 0 Å². The summed E-state index contributed by atoms with van der Waals surface area (Å²) in [5.41, 5.74) is 0.340. The maximum Gasteiger partial charge on any atom is 0.233 e. The highest BCUT2D eigenvalue weighted by Crippen LogP contribution is 2.57. The third-order valence-electron chi connectivity index (χ3n) is 4.34. The second-order valence-electron chi connectivity index (χ2n) is 6.44. The Hall–Kier alpha value is -0.940. The second kappa shape index (κ2) is 4.87. The van der Waals surface area contributed by atoms with Crippen molar-refractivity contribution < 1.29 is 9.26 Å². The van der Waals surface area contributed by atoms with Gasteiger partial charge in [-0.25, -0.2) is 0 Å². The van der Waals surface area contributed by atoms with Crippen LogP contribution in [-0.2, 0) is 4.74 Å². The molecule has 19 heavy (non-hydrogen) atoms. The molecule has 5 heteroatoms. The second-order valence-corrected chi connectivity index (χ2v) is 6.44. The summed E-state index contributed by atoms with van der Waals surface area (Å²) < 4.78 is 11.0. The van der Waals surface area contributed by atoms with Crippen molar-refractivity contribution in [3.63, 3.8) is 0 Å². The van der Waals surface area contributed by atoms with Gasteiger partial charge in [0, 0.05) is 12.0 Å². The predicted molar refractivity (Wildman–Crippen MR) is 71.1 cm³/mol. The van der Waals surface area contributed by atoms with Gasteiger partial charge in [0.1, 0.15) is 0 Å². The van der Waals surface area contributed by atoms with Crippen LogP contribution in [0.25, 0.3) is 0 Å². The van der Waals surface area contributed by atoms with Crippen LogP contribution in [0.15, 0.2) is 4.52 Å². The standard InChI is InChI=1S/C14H23N3O2/c1-4-5-15-11-8-18-7-9(11)13-16-12(17-19-13)10-6-14(10,2)3/h9-11,15H,4-8H2,1-3H3. The van der Waals surface area contributed by atoms with Gasteiger partial charge in [0.25, 0.3) is 0 Å². The van der Waals surface area contributed by atoms with Crippen molar-refractivity contribution in [2.75, 3.05) is 19.8 Å². The molecule has 1 N–H and O–H groups in total. The largest absolute Gasteiger partial charge is 0.379 e. The number of hydrogen-bond acceptors (Lipinski definition) is 5. The molecule has 2 fully saturated rings. The van der Waals surface area contributed by atoms with Crippen LogP contribution in [0.4, 0.5) is 0 Å². The van der Waals surface area contributed by atoms with Gasteiger partial charge in [0.05, 0.1) is 19.1 Å². The van der Waals surface area contributed by atoms with E-state index in [1.165, 1.54) is 0 Å². The minimum Gasteiger partial charge on any atom is -0.379 e. The van der Waals surface area contributed by atoms with E-state index in [9.17, 15) is 0 Å². The molecule has 106 valence electrons. The number of hydrogen-bond donors (Lipinski definition) is 1. The van der Waals surface area contributed by atoms with E-state index in [4.69, 9.17) is 9.26 Å². The van der Waals surface area contributed by atoms with Crippen molar-refractivity contribution in [2.45, 2.75) is 51.5 Å². The summed E-state index contributed by atoms with van der Waals surface area (Å²) in [7, 11) is 0. The predicted octanol–water partition coefficient (Wildman–Crippen LogP) is 2.07. The molecule has 2 aliphatic rings. The smallest absolute Gasteiger partial charge is 0.233 e. The summed E-state index contributed by atoms with van der Waals surface area (Å²) >= 11 is 0. The van der Waals surface area contributed by atoms with Crippen LogP contribution in [0.5, 0.6) is 0 Å². The van der Waals surface area contributed by atoms with Gasteiger partial charge >= 0.3 is 0 Å². The van der Waals surface area contributed by atoms with Gasteiger partial charge in [-0.2, -0.15) is 4.98 Å². The molecular weight excluding hydrogens is 242 g/mol. The Morgan fingerprint density at radius 2 is 2.16 bits per heavy atom. The molecule has 2 heterocycles. The highest BCUT2D eigenvalue weighted by atomic mass is 16.5. The molecule has 1 aliphatic carbocycles. The molecule has 3 unspecified atom stereocenters. The first-order valence-electron chi connectivity index (χ1n) is 7.26. The molecule has 1 saturated carbocycles. The van der Waals surface area contributed by atoms with Crippen LogP contribution in [0, 0.1) is 5.41 Å². The van der Waals surface area contributed by atoms with E-state index in [-0.39, 0.29) is 5.92 Å². The molecule has 0 aromatic carbocycles. The van der Waals surface area contributed by atoms with Crippen LogP contribution in [0.1, 0.15) is 57.2 Å². The maximum atomic E-state index is 5.56. The average molecular weight is 265 g/mol. The molecule has 5 nitrogen and oxygen atoms in total. The zero-order valence-corrected chi connectivity index (χ0v) is 12.0. The van der Waals surface area contributed by atoms with Gasteiger partial charge in [0.15, 0.2) is 5.82 Å². The van der Waals surface area contributed by atoms with Gasteiger partial charge in [-0.15, -0.1) is 0 Å². The van der Waals surface area contributed by atoms with E-state index >= 15 is 0 Å². The summed E-state index contributed by atoms with van der Waals surface area (Å²) in [4.78, 5) is 4.61. The van der Waals surface area contributed by atoms with Crippen molar-refractivity contribution in [3.05, 3.63) is 11.7 Å². The first-order valence-corrected chi connectivity index (χ1v) is 7.26. The first-order chi connectivity index (χ1) is 9.12. The van der Waals surface area contributed by atoms with Gasteiger partial charge in [-0.3, -0.25) is 0 Å². The normalized spacial score (nSPS) is 32.7. The molecule has 0 spiro atoms. The molecule has 1 aliphatic heterocycles. The number of ether oxygens (including phenoxy) is 1. The maximum absolute atomic E-state index is 5.56. The fraction of sp³-hybridized carbons (Fsp3) is 0.857. The number of nitrogens with one attached hydrogen (secondary N) is 1. The Morgan fingerprint density at radius 1 is 1.37 bits per heavy atom. The van der Waals surface area contributed by atoms with Crippen molar-refractivity contribution >= 4 is 0 Å². The lowest BCUT2D eigenvalue weighted by molar-refractivity contribution is 0.184. The molecule has 3 atom stereocenters. The van der Waals surface area contributed by atoms with Crippen LogP contribution in [0.2, 0.25) is 0 Å². The van der Waals surface area contributed by atoms with Crippen LogP contribution >= 0.6 is 0 Å². The summed E-state index contributed by atoms with van der Waals surface area (Å²) in [6.07, 6.45) is 2.28. The van der Waals surface area contributed by atoms with Gasteiger partial charge in [-0.1, -0.05) is 25.9 Å². The Morgan fingerprint density at radius 3 is 2.84 bits per heavy atom. The van der Waals surface area contributed by atoms with Crippen molar-refractivity contribution in [2.24, 2.45) is 5.41 Å². The average Bonchev–Trinajstić information content (AvgIpc) is 2.82. The van der Waals surface area contributed by atoms with Crippen LogP contribution in [-0.4, -0.2) is 35.9 Å². The molecule has 1 aromatic heterocycles. The molecule has 0 amide bonds. The van der Waals surface area contributed by atoms with E-state index in [1.54, 1.807) is 0 Å². The molecule has 0 bridgehead atoms. The van der Waals surface area contributed by atoms with Crippen molar-refractivity contribution in [3.8, 4) is 0 Å². The third kappa shape index (κ3) is 2.54. The fourth-order valence-electron chi connectivity index (χ4n) is 2.78. The quantitative estimate of drug-likeness (QED) is 0.883. The van der Waals surface area contributed by atoms with Gasteiger partial charge < -0.3 is 14.6 Å². The lowest BCUT2D eigenvalue weighted by Crippen LogP contribution is -2.35. The Balaban J connectivity index is 1.68. The highest BCUT2D eigenvalue weighted by molar-refractivity contribution is 5.15. The summed E-state index contributed by atoms with van der Waals surface area (Å²) in [6, 6.07) is 0.306. The monoisotopic (exact) mass is 265 g/mol. The molecule has 1 aromatic rings. The van der Waals surface area contributed by atoms with Crippen LogP contribution in [0.3, 0.4) is 0 Å². The minimum absolute atomic E-state index is 0.203. The molecule has 1 saturated heterocycles. The summed E-state index contributed by atoms with van der Waals surface area (Å²) in [5.74, 6) is 2.29. The van der Waals surface area contributed by atoms with Crippen LogP contribution < -0.4 is 5.32 Å². The van der Waals surface area contributed by atoms with E-state index in [0.717, 1.165) is 37.7 Å². The summed E-state index contributed by atoms with van der Waals surface area (Å²) in [5, 5.41) is 7.66.